The standard InChI is InChI=1S/C33H43N3O4Si/c1-10-35-22-25(16-13-17-39-41(8,9)33(5,6)7)29(37)28-20-27(21-34-30(28)35)36(31(38)40-32(2,3)4)26-18-23-14-11-12-15-24(23)19-26/h11-12,14-15,20-22,26H,10,17-19H2,1-9H3. The van der Waals surface area contributed by atoms with E-state index in [9.17, 15) is 9.59 Å². The highest BCUT2D eigenvalue weighted by molar-refractivity contribution is 6.74. The van der Waals surface area contributed by atoms with Gasteiger partial charge < -0.3 is 13.7 Å². The van der Waals surface area contributed by atoms with Crippen molar-refractivity contribution in [1.82, 2.24) is 9.55 Å². The number of benzene rings is 1. The van der Waals surface area contributed by atoms with Gasteiger partial charge in [-0.1, -0.05) is 56.9 Å². The van der Waals surface area contributed by atoms with Crippen LogP contribution in [0.1, 0.15) is 65.2 Å². The molecule has 3 aromatic rings. The molecular formula is C33H43N3O4Si. The number of aryl methyl sites for hydroxylation is 1. The van der Waals surface area contributed by atoms with Gasteiger partial charge >= 0.3 is 6.09 Å². The van der Waals surface area contributed by atoms with E-state index in [2.05, 4.69) is 62.8 Å². The maximum atomic E-state index is 13.7. The highest BCUT2D eigenvalue weighted by atomic mass is 28.4. The monoisotopic (exact) mass is 573 g/mol. The van der Waals surface area contributed by atoms with E-state index in [4.69, 9.17) is 9.16 Å². The molecule has 218 valence electrons. The second-order valence-corrected chi connectivity index (χ2v) is 18.1. The number of carbonyl (C=O) groups is 1. The van der Waals surface area contributed by atoms with Crippen LogP contribution in [0, 0.1) is 11.8 Å². The summed E-state index contributed by atoms with van der Waals surface area (Å²) < 4.78 is 13.9. The Bertz CT molecular complexity index is 1540. The summed E-state index contributed by atoms with van der Waals surface area (Å²) in [6, 6.07) is 9.85. The zero-order valence-electron chi connectivity index (χ0n) is 25.9. The number of hydrogen-bond acceptors (Lipinski definition) is 5. The first-order chi connectivity index (χ1) is 19.1. The lowest BCUT2D eigenvalue weighted by Gasteiger charge is -2.35. The SMILES string of the molecule is CCn1cc(C#CCO[Si](C)(C)C(C)(C)C)c(=O)c2cc(N(C(=O)OC(C)(C)C)C3Cc4ccccc4C3)cnc21. The van der Waals surface area contributed by atoms with Gasteiger partial charge in [-0.05, 0) is 75.9 Å². The Morgan fingerprint density at radius 3 is 2.32 bits per heavy atom. The van der Waals surface area contributed by atoms with Crippen LogP contribution in [0.25, 0.3) is 11.0 Å². The first-order valence-corrected chi connectivity index (χ1v) is 17.3. The second kappa shape index (κ2) is 11.5. The lowest BCUT2D eigenvalue weighted by Crippen LogP contribution is -2.44. The third-order valence-corrected chi connectivity index (χ3v) is 12.5. The summed E-state index contributed by atoms with van der Waals surface area (Å²) in [5.41, 5.74) is 3.02. The number of amides is 1. The van der Waals surface area contributed by atoms with E-state index in [1.807, 2.05) is 44.4 Å². The van der Waals surface area contributed by atoms with Crippen molar-refractivity contribution in [2.24, 2.45) is 0 Å². The molecule has 0 saturated heterocycles. The molecule has 1 aromatic carbocycles. The van der Waals surface area contributed by atoms with E-state index < -0.39 is 20.0 Å². The summed E-state index contributed by atoms with van der Waals surface area (Å²) in [4.78, 5) is 33.6. The van der Waals surface area contributed by atoms with Crippen molar-refractivity contribution in [2.45, 2.75) is 97.6 Å². The first kappa shape index (κ1) is 30.5. The van der Waals surface area contributed by atoms with Gasteiger partial charge in [-0.2, -0.15) is 0 Å². The highest BCUT2D eigenvalue weighted by Gasteiger charge is 2.37. The largest absolute Gasteiger partial charge is 0.443 e. The average molecular weight is 574 g/mol. The predicted molar refractivity (Wildman–Crippen MR) is 168 cm³/mol. The molecule has 2 heterocycles. The number of carbonyl (C=O) groups excluding carboxylic acids is 1. The molecule has 1 amide bonds. The minimum Gasteiger partial charge on any atom is -0.443 e. The van der Waals surface area contributed by atoms with E-state index in [0.29, 0.717) is 41.7 Å². The molecule has 0 bridgehead atoms. The molecule has 2 aromatic heterocycles. The minimum atomic E-state index is -1.95. The topological polar surface area (TPSA) is 73.7 Å². The number of ether oxygens (including phenoxy) is 1. The van der Waals surface area contributed by atoms with Gasteiger partial charge in [0, 0.05) is 18.8 Å². The van der Waals surface area contributed by atoms with Gasteiger partial charge in [0.05, 0.1) is 29.4 Å². The Hall–Kier alpha value is -3.41. The Morgan fingerprint density at radius 2 is 1.76 bits per heavy atom. The van der Waals surface area contributed by atoms with E-state index in [0.717, 1.165) is 0 Å². The number of nitrogens with zero attached hydrogens (tertiary/aromatic N) is 3. The van der Waals surface area contributed by atoms with Gasteiger partial charge in [-0.15, -0.1) is 0 Å². The molecule has 0 spiro atoms. The maximum absolute atomic E-state index is 13.7. The first-order valence-electron chi connectivity index (χ1n) is 14.4. The molecule has 0 saturated carbocycles. The molecule has 1 aliphatic rings. The number of hydrogen-bond donors (Lipinski definition) is 0. The molecule has 8 heteroatoms. The molecule has 0 unspecified atom stereocenters. The number of fused-ring (bicyclic) bond motifs is 2. The van der Waals surface area contributed by atoms with Gasteiger partial charge in [-0.25, -0.2) is 9.78 Å². The third kappa shape index (κ3) is 6.74. The Balaban J connectivity index is 1.74. The van der Waals surface area contributed by atoms with Crippen molar-refractivity contribution in [3.8, 4) is 11.8 Å². The van der Waals surface area contributed by atoms with Crippen molar-refractivity contribution < 1.29 is 14.0 Å². The van der Waals surface area contributed by atoms with Crippen LogP contribution >= 0.6 is 0 Å². The van der Waals surface area contributed by atoms with E-state index in [-0.39, 0.29) is 23.1 Å². The van der Waals surface area contributed by atoms with Crippen LogP contribution < -0.4 is 10.3 Å². The van der Waals surface area contributed by atoms with Crippen molar-refractivity contribution in [2.75, 3.05) is 11.5 Å². The summed E-state index contributed by atoms with van der Waals surface area (Å²) >= 11 is 0. The summed E-state index contributed by atoms with van der Waals surface area (Å²) in [7, 11) is -1.95. The summed E-state index contributed by atoms with van der Waals surface area (Å²) in [6.45, 7) is 19.4. The summed E-state index contributed by atoms with van der Waals surface area (Å²) in [5, 5.41) is 0.500. The number of aromatic nitrogens is 2. The minimum absolute atomic E-state index is 0.0787. The quantitative estimate of drug-likeness (QED) is 0.251. The van der Waals surface area contributed by atoms with Gasteiger partial charge in [0.2, 0.25) is 5.43 Å². The Kier molecular flexibility index (Phi) is 8.54. The van der Waals surface area contributed by atoms with E-state index in [1.165, 1.54) is 11.1 Å². The second-order valence-electron chi connectivity index (χ2n) is 13.3. The fourth-order valence-electron chi connectivity index (χ4n) is 4.78. The predicted octanol–water partition coefficient (Wildman–Crippen LogP) is 6.70. The van der Waals surface area contributed by atoms with Gasteiger partial charge in [0.15, 0.2) is 8.32 Å². The average Bonchev–Trinajstić information content (AvgIpc) is 3.29. The zero-order valence-corrected chi connectivity index (χ0v) is 26.9. The van der Waals surface area contributed by atoms with Crippen molar-refractivity contribution in [1.29, 1.82) is 0 Å². The third-order valence-electron chi connectivity index (χ3n) is 8.04. The number of anilines is 1. The highest BCUT2D eigenvalue weighted by Crippen LogP contribution is 2.36. The molecule has 7 nitrogen and oxygen atoms in total. The molecule has 0 radical (unpaired) electrons. The van der Waals surface area contributed by atoms with Crippen LogP contribution in [0.2, 0.25) is 18.1 Å². The lowest BCUT2D eigenvalue weighted by molar-refractivity contribution is 0.0566. The molecule has 1 aliphatic carbocycles. The summed E-state index contributed by atoms with van der Waals surface area (Å²) in [6.07, 6.45) is 4.37. The molecule has 4 rings (SSSR count). The summed E-state index contributed by atoms with van der Waals surface area (Å²) in [5.74, 6) is 6.12. The van der Waals surface area contributed by atoms with E-state index >= 15 is 0 Å². The molecule has 0 atom stereocenters. The van der Waals surface area contributed by atoms with Crippen LogP contribution in [0.3, 0.4) is 0 Å². The van der Waals surface area contributed by atoms with Crippen LogP contribution in [0.4, 0.5) is 10.5 Å². The van der Waals surface area contributed by atoms with Gasteiger partial charge in [0.1, 0.15) is 11.2 Å². The zero-order chi connectivity index (χ0) is 30.2. The van der Waals surface area contributed by atoms with Gasteiger partial charge in [0.25, 0.3) is 0 Å². The lowest BCUT2D eigenvalue weighted by atomic mass is 10.1. The van der Waals surface area contributed by atoms with Crippen LogP contribution in [-0.4, -0.2) is 42.2 Å². The van der Waals surface area contributed by atoms with Crippen molar-refractivity contribution in [3.63, 3.8) is 0 Å². The maximum Gasteiger partial charge on any atom is 0.415 e. The number of pyridine rings is 2. The Labute approximate surface area is 245 Å². The van der Waals surface area contributed by atoms with Crippen LogP contribution in [0.15, 0.2) is 47.5 Å². The van der Waals surface area contributed by atoms with Crippen molar-refractivity contribution >= 4 is 31.1 Å². The molecular weight excluding hydrogens is 530 g/mol. The normalized spacial score (nSPS) is 14.0. The molecule has 0 N–H and O–H groups in total. The molecule has 41 heavy (non-hydrogen) atoms. The molecule has 0 aliphatic heterocycles. The van der Waals surface area contributed by atoms with Crippen LogP contribution in [-0.2, 0) is 28.5 Å². The number of rotatable bonds is 5. The van der Waals surface area contributed by atoms with E-state index in [1.54, 1.807) is 23.4 Å². The van der Waals surface area contributed by atoms with Gasteiger partial charge in [-0.3, -0.25) is 9.69 Å². The van der Waals surface area contributed by atoms with Crippen molar-refractivity contribution in [3.05, 3.63) is 69.6 Å². The fraction of sp³-hybridized carbons (Fsp3) is 0.485. The van der Waals surface area contributed by atoms with Crippen LogP contribution in [0.5, 0.6) is 0 Å². The smallest absolute Gasteiger partial charge is 0.415 e. The fourth-order valence-corrected chi connectivity index (χ4v) is 5.65. The Morgan fingerprint density at radius 1 is 1.12 bits per heavy atom. The molecule has 0 fully saturated rings.